The van der Waals surface area contributed by atoms with E-state index in [1.54, 1.807) is 0 Å². The Kier molecular flexibility index (Phi) is 4.36. The van der Waals surface area contributed by atoms with Gasteiger partial charge in [-0.1, -0.05) is 11.6 Å². The van der Waals surface area contributed by atoms with Crippen LogP contribution in [0.3, 0.4) is 0 Å². The minimum atomic E-state index is -4.52. The zero-order chi connectivity index (χ0) is 13.9. The molecule has 18 heavy (non-hydrogen) atoms. The van der Waals surface area contributed by atoms with E-state index in [2.05, 4.69) is 10.3 Å². The summed E-state index contributed by atoms with van der Waals surface area (Å²) in [6.07, 6.45) is -3.89. The molecule has 1 heterocycles. The highest BCUT2D eigenvalue weighted by Crippen LogP contribution is 2.32. The molecular formula is C9H10ClF3N4O. The van der Waals surface area contributed by atoms with Crippen LogP contribution in [-0.2, 0) is 11.0 Å². The Morgan fingerprint density at radius 2 is 2.17 bits per heavy atom. The molecule has 4 N–H and O–H groups in total. The molecule has 1 amide bonds. The molecule has 9 heteroatoms. The number of nitrogens with zero attached hydrogens (tertiary/aromatic N) is 1. The second-order valence-electron chi connectivity index (χ2n) is 3.43. The average molecular weight is 283 g/mol. The smallest absolute Gasteiger partial charge is 0.357 e. The second kappa shape index (κ2) is 5.40. The van der Waals surface area contributed by atoms with E-state index < -0.39 is 23.7 Å². The third-order valence-electron chi connectivity index (χ3n) is 2.06. The molecule has 0 radical (unpaired) electrons. The average Bonchev–Trinajstić information content (AvgIpc) is 2.29. The van der Waals surface area contributed by atoms with Crippen molar-refractivity contribution in [1.29, 1.82) is 0 Å². The van der Waals surface area contributed by atoms with Crippen LogP contribution in [0.1, 0.15) is 12.5 Å². The van der Waals surface area contributed by atoms with Crippen LogP contribution < -0.4 is 16.6 Å². The number of hydrazine groups is 1. The van der Waals surface area contributed by atoms with Gasteiger partial charge >= 0.3 is 6.18 Å². The van der Waals surface area contributed by atoms with Gasteiger partial charge in [0, 0.05) is 6.20 Å². The first kappa shape index (κ1) is 14.5. The predicted molar refractivity (Wildman–Crippen MR) is 59.7 cm³/mol. The normalized spacial score (nSPS) is 13.0. The lowest BCUT2D eigenvalue weighted by Gasteiger charge is -2.14. The summed E-state index contributed by atoms with van der Waals surface area (Å²) >= 11 is 5.64. The predicted octanol–water partition coefficient (Wildman–Crippen LogP) is 1.54. The summed E-state index contributed by atoms with van der Waals surface area (Å²) < 4.78 is 37.0. The van der Waals surface area contributed by atoms with Gasteiger partial charge in [-0.3, -0.25) is 10.2 Å². The number of amides is 1. The number of hydrogen-bond donors (Lipinski definition) is 3. The van der Waals surface area contributed by atoms with Crippen LogP contribution in [0, 0.1) is 0 Å². The van der Waals surface area contributed by atoms with Crippen LogP contribution in [0.4, 0.5) is 19.0 Å². The van der Waals surface area contributed by atoms with Gasteiger partial charge in [0.05, 0.1) is 10.6 Å². The van der Waals surface area contributed by atoms with Crippen LogP contribution in [0.5, 0.6) is 0 Å². The van der Waals surface area contributed by atoms with Crippen molar-refractivity contribution < 1.29 is 18.0 Å². The lowest BCUT2D eigenvalue weighted by atomic mass is 10.2. The van der Waals surface area contributed by atoms with Gasteiger partial charge in [0.25, 0.3) is 5.91 Å². The van der Waals surface area contributed by atoms with E-state index >= 15 is 0 Å². The molecule has 5 nitrogen and oxygen atoms in total. The SMILES string of the molecule is C[C@H](Nc1ncc(C(F)(F)F)cc1Cl)C(=O)NN. The van der Waals surface area contributed by atoms with Gasteiger partial charge in [-0.2, -0.15) is 13.2 Å². The van der Waals surface area contributed by atoms with Gasteiger partial charge in [0.1, 0.15) is 11.9 Å². The van der Waals surface area contributed by atoms with E-state index in [1.165, 1.54) is 6.92 Å². The first-order chi connectivity index (χ1) is 8.25. The number of nitrogens with two attached hydrogens (primary N) is 1. The van der Waals surface area contributed by atoms with Crippen LogP contribution in [0.15, 0.2) is 12.3 Å². The molecule has 1 atom stereocenters. The van der Waals surface area contributed by atoms with Crippen LogP contribution in [0.25, 0.3) is 0 Å². The van der Waals surface area contributed by atoms with Crippen molar-refractivity contribution in [3.63, 3.8) is 0 Å². The molecule has 1 rings (SSSR count). The quantitative estimate of drug-likeness (QED) is 0.446. The Morgan fingerprint density at radius 3 is 2.61 bits per heavy atom. The maximum absolute atomic E-state index is 12.3. The molecule has 0 saturated heterocycles. The number of carbonyl (C=O) groups excluding carboxylic acids is 1. The van der Waals surface area contributed by atoms with Gasteiger partial charge in [-0.15, -0.1) is 0 Å². The lowest BCUT2D eigenvalue weighted by Crippen LogP contribution is -2.41. The molecule has 0 aliphatic heterocycles. The molecular weight excluding hydrogens is 273 g/mol. The van der Waals surface area contributed by atoms with E-state index in [-0.39, 0.29) is 10.8 Å². The Balaban J connectivity index is 2.90. The highest BCUT2D eigenvalue weighted by Gasteiger charge is 2.31. The standard InChI is InChI=1S/C9H10ClF3N4O/c1-4(8(18)17-14)16-7-6(10)2-5(3-15-7)9(11,12)13/h2-4H,14H2,1H3,(H,15,16)(H,17,18)/t4-/m0/s1. The van der Waals surface area contributed by atoms with Crippen molar-refractivity contribution in [2.24, 2.45) is 5.84 Å². The van der Waals surface area contributed by atoms with Crippen LogP contribution >= 0.6 is 11.6 Å². The molecule has 1 aromatic heterocycles. The van der Waals surface area contributed by atoms with Crippen LogP contribution in [-0.4, -0.2) is 16.9 Å². The fraction of sp³-hybridized carbons (Fsp3) is 0.333. The molecule has 0 saturated carbocycles. The van der Waals surface area contributed by atoms with Gasteiger partial charge in [0.2, 0.25) is 0 Å². The first-order valence-corrected chi connectivity index (χ1v) is 5.13. The molecule has 0 unspecified atom stereocenters. The molecule has 0 fully saturated rings. The van der Waals surface area contributed by atoms with E-state index in [0.29, 0.717) is 6.20 Å². The molecule has 0 aromatic carbocycles. The number of alkyl halides is 3. The molecule has 100 valence electrons. The van der Waals surface area contributed by atoms with Crippen molar-refractivity contribution in [2.75, 3.05) is 5.32 Å². The number of carbonyl (C=O) groups is 1. The zero-order valence-corrected chi connectivity index (χ0v) is 9.93. The topological polar surface area (TPSA) is 80.0 Å². The number of nitrogens with one attached hydrogen (secondary N) is 2. The van der Waals surface area contributed by atoms with Crippen LogP contribution in [0.2, 0.25) is 5.02 Å². The number of halogens is 4. The summed E-state index contributed by atoms with van der Waals surface area (Å²) in [5, 5.41) is 2.30. The minimum absolute atomic E-state index is 0.0271. The third kappa shape index (κ3) is 3.47. The number of rotatable bonds is 3. The lowest BCUT2D eigenvalue weighted by molar-refractivity contribution is -0.137. The summed E-state index contributed by atoms with van der Waals surface area (Å²) in [7, 11) is 0. The fourth-order valence-electron chi connectivity index (χ4n) is 1.09. The zero-order valence-electron chi connectivity index (χ0n) is 9.18. The first-order valence-electron chi connectivity index (χ1n) is 4.75. The number of anilines is 1. The molecule has 1 aromatic rings. The molecule has 0 aliphatic carbocycles. The highest BCUT2D eigenvalue weighted by atomic mass is 35.5. The minimum Gasteiger partial charge on any atom is -0.357 e. The van der Waals surface area contributed by atoms with Crippen molar-refractivity contribution in [2.45, 2.75) is 19.1 Å². The van der Waals surface area contributed by atoms with Gasteiger partial charge in [0.15, 0.2) is 0 Å². The Labute approximate surface area is 105 Å². The monoisotopic (exact) mass is 282 g/mol. The van der Waals surface area contributed by atoms with Crippen molar-refractivity contribution in [3.05, 3.63) is 22.8 Å². The number of pyridine rings is 1. The summed E-state index contributed by atoms with van der Waals surface area (Å²) in [6, 6.07) is -0.0546. The van der Waals surface area contributed by atoms with Crippen molar-refractivity contribution >= 4 is 23.3 Å². The van der Waals surface area contributed by atoms with E-state index in [4.69, 9.17) is 17.4 Å². The van der Waals surface area contributed by atoms with E-state index in [0.717, 1.165) is 6.07 Å². The second-order valence-corrected chi connectivity index (χ2v) is 3.83. The Morgan fingerprint density at radius 1 is 1.56 bits per heavy atom. The van der Waals surface area contributed by atoms with E-state index in [9.17, 15) is 18.0 Å². The number of hydrogen-bond acceptors (Lipinski definition) is 4. The highest BCUT2D eigenvalue weighted by molar-refractivity contribution is 6.33. The fourth-order valence-corrected chi connectivity index (χ4v) is 1.32. The van der Waals surface area contributed by atoms with Gasteiger partial charge in [-0.05, 0) is 13.0 Å². The maximum atomic E-state index is 12.3. The van der Waals surface area contributed by atoms with Crippen molar-refractivity contribution in [1.82, 2.24) is 10.4 Å². The van der Waals surface area contributed by atoms with Gasteiger partial charge < -0.3 is 5.32 Å². The van der Waals surface area contributed by atoms with Gasteiger partial charge in [-0.25, -0.2) is 10.8 Å². The molecule has 0 spiro atoms. The largest absolute Gasteiger partial charge is 0.417 e. The Hall–Kier alpha value is -1.54. The summed E-state index contributed by atoms with van der Waals surface area (Å²) in [5.74, 6) is 4.33. The Bertz CT molecular complexity index is 452. The van der Waals surface area contributed by atoms with E-state index in [1.807, 2.05) is 5.43 Å². The molecule has 0 bridgehead atoms. The third-order valence-corrected chi connectivity index (χ3v) is 2.35. The summed E-state index contributed by atoms with van der Waals surface area (Å²) in [6.45, 7) is 1.46. The summed E-state index contributed by atoms with van der Waals surface area (Å²) in [5.41, 5.74) is 0.924. The molecule has 0 aliphatic rings. The number of aromatic nitrogens is 1. The maximum Gasteiger partial charge on any atom is 0.417 e. The van der Waals surface area contributed by atoms with Crippen molar-refractivity contribution in [3.8, 4) is 0 Å². The summed E-state index contributed by atoms with van der Waals surface area (Å²) in [4.78, 5) is 14.6.